The summed E-state index contributed by atoms with van der Waals surface area (Å²) in [5.74, 6) is 1.79. The van der Waals surface area contributed by atoms with E-state index in [0.717, 1.165) is 42.9 Å². The Morgan fingerprint density at radius 3 is 2.95 bits per heavy atom. The van der Waals surface area contributed by atoms with Crippen molar-refractivity contribution in [2.75, 3.05) is 24.5 Å². The second-order valence-electron chi connectivity index (χ2n) is 5.92. The molecular formula is C16H24BrN3. The van der Waals surface area contributed by atoms with Crippen LogP contribution in [0.2, 0.25) is 0 Å². The van der Waals surface area contributed by atoms with E-state index < -0.39 is 0 Å². The molecule has 1 N–H and O–H groups in total. The van der Waals surface area contributed by atoms with Crippen molar-refractivity contribution in [1.29, 1.82) is 0 Å². The fraction of sp³-hybridized carbons (Fsp3) is 0.562. The van der Waals surface area contributed by atoms with Gasteiger partial charge in [-0.3, -0.25) is 0 Å². The number of anilines is 1. The Kier molecular flexibility index (Phi) is 5.61. The quantitative estimate of drug-likeness (QED) is 0.829. The number of hydrogen-bond acceptors (Lipinski definition) is 3. The molecule has 110 valence electrons. The van der Waals surface area contributed by atoms with Gasteiger partial charge in [0.25, 0.3) is 0 Å². The molecule has 0 radical (unpaired) electrons. The fourth-order valence-electron chi connectivity index (χ4n) is 2.48. The molecule has 0 unspecified atom stereocenters. The van der Waals surface area contributed by atoms with Gasteiger partial charge >= 0.3 is 0 Å². The molecule has 0 atom stereocenters. The molecule has 0 aromatic carbocycles. The van der Waals surface area contributed by atoms with Crippen molar-refractivity contribution < 1.29 is 0 Å². The Balaban J connectivity index is 2.13. The van der Waals surface area contributed by atoms with Crippen molar-refractivity contribution in [3.8, 4) is 0 Å². The van der Waals surface area contributed by atoms with E-state index in [0.29, 0.717) is 5.92 Å². The molecule has 0 spiro atoms. The molecule has 3 nitrogen and oxygen atoms in total. The number of rotatable bonds is 5. The standard InChI is InChI=1S/C16H24BrN3/c1-12(2)8-18-9-14-7-15(17)10-19-16(14)20-6-4-5-13(3)11-20/h5,7,10,12,18H,4,6,8-9,11H2,1-3H3. The molecule has 2 heterocycles. The Morgan fingerprint density at radius 1 is 1.45 bits per heavy atom. The summed E-state index contributed by atoms with van der Waals surface area (Å²) in [5.41, 5.74) is 2.71. The van der Waals surface area contributed by atoms with E-state index in [1.54, 1.807) is 0 Å². The zero-order valence-corrected chi connectivity index (χ0v) is 14.2. The highest BCUT2D eigenvalue weighted by Crippen LogP contribution is 2.24. The van der Waals surface area contributed by atoms with Gasteiger partial charge in [0.1, 0.15) is 5.82 Å². The lowest BCUT2D eigenvalue weighted by molar-refractivity contribution is 0.551. The van der Waals surface area contributed by atoms with Crippen molar-refractivity contribution in [2.45, 2.75) is 33.7 Å². The highest BCUT2D eigenvalue weighted by atomic mass is 79.9. The van der Waals surface area contributed by atoms with Gasteiger partial charge in [0.2, 0.25) is 0 Å². The molecule has 0 amide bonds. The van der Waals surface area contributed by atoms with Gasteiger partial charge in [-0.05, 0) is 47.8 Å². The van der Waals surface area contributed by atoms with Crippen LogP contribution in [0.25, 0.3) is 0 Å². The predicted molar refractivity (Wildman–Crippen MR) is 89.1 cm³/mol. The lowest BCUT2D eigenvalue weighted by Gasteiger charge is -2.29. The number of hydrogen-bond donors (Lipinski definition) is 1. The van der Waals surface area contributed by atoms with Gasteiger partial charge in [-0.15, -0.1) is 0 Å². The first-order valence-electron chi connectivity index (χ1n) is 7.32. The highest BCUT2D eigenvalue weighted by molar-refractivity contribution is 9.10. The lowest BCUT2D eigenvalue weighted by atomic mass is 10.1. The number of nitrogens with zero attached hydrogens (tertiary/aromatic N) is 2. The van der Waals surface area contributed by atoms with E-state index in [9.17, 15) is 0 Å². The molecule has 0 aliphatic carbocycles. The molecule has 20 heavy (non-hydrogen) atoms. The monoisotopic (exact) mass is 337 g/mol. The molecule has 1 aliphatic heterocycles. The van der Waals surface area contributed by atoms with Crippen LogP contribution in [0, 0.1) is 5.92 Å². The molecule has 1 aliphatic rings. The summed E-state index contributed by atoms with van der Waals surface area (Å²) in [6.45, 7) is 10.6. The number of halogens is 1. The Bertz CT molecular complexity index is 483. The van der Waals surface area contributed by atoms with Crippen LogP contribution in [0.5, 0.6) is 0 Å². The Labute approximate surface area is 130 Å². The average molecular weight is 338 g/mol. The zero-order chi connectivity index (χ0) is 14.5. The van der Waals surface area contributed by atoms with E-state index in [1.165, 1.54) is 11.1 Å². The fourth-order valence-corrected chi connectivity index (χ4v) is 2.86. The first-order valence-corrected chi connectivity index (χ1v) is 8.11. The minimum atomic E-state index is 0.665. The van der Waals surface area contributed by atoms with E-state index in [4.69, 9.17) is 0 Å². The Hall–Kier alpha value is -0.870. The molecule has 0 bridgehead atoms. The highest BCUT2D eigenvalue weighted by Gasteiger charge is 2.16. The maximum Gasteiger partial charge on any atom is 0.133 e. The van der Waals surface area contributed by atoms with E-state index >= 15 is 0 Å². The van der Waals surface area contributed by atoms with Crippen LogP contribution in [0.3, 0.4) is 0 Å². The molecule has 0 saturated carbocycles. The van der Waals surface area contributed by atoms with Crippen LogP contribution >= 0.6 is 15.9 Å². The first-order chi connectivity index (χ1) is 9.56. The summed E-state index contributed by atoms with van der Waals surface area (Å²) >= 11 is 3.53. The summed E-state index contributed by atoms with van der Waals surface area (Å²) in [4.78, 5) is 7.03. The summed E-state index contributed by atoms with van der Waals surface area (Å²) in [6, 6.07) is 2.18. The van der Waals surface area contributed by atoms with Crippen LogP contribution in [-0.2, 0) is 6.54 Å². The molecule has 1 aromatic rings. The maximum atomic E-state index is 4.65. The van der Waals surface area contributed by atoms with Gasteiger partial charge in [0, 0.05) is 35.9 Å². The minimum Gasteiger partial charge on any atom is -0.352 e. The predicted octanol–water partition coefficient (Wildman–Crippen LogP) is 3.75. The summed E-state index contributed by atoms with van der Waals surface area (Å²) in [6.07, 6.45) is 5.34. The van der Waals surface area contributed by atoms with E-state index in [1.807, 2.05) is 6.20 Å². The van der Waals surface area contributed by atoms with Gasteiger partial charge in [0.15, 0.2) is 0 Å². The van der Waals surface area contributed by atoms with Crippen molar-refractivity contribution in [2.24, 2.45) is 5.92 Å². The van der Waals surface area contributed by atoms with Crippen molar-refractivity contribution in [1.82, 2.24) is 10.3 Å². The molecule has 0 fully saturated rings. The zero-order valence-electron chi connectivity index (χ0n) is 12.6. The summed E-state index contributed by atoms with van der Waals surface area (Å²) < 4.78 is 1.05. The molecular weight excluding hydrogens is 314 g/mol. The van der Waals surface area contributed by atoms with Crippen molar-refractivity contribution >= 4 is 21.7 Å². The topological polar surface area (TPSA) is 28.2 Å². The van der Waals surface area contributed by atoms with Crippen LogP contribution < -0.4 is 10.2 Å². The minimum absolute atomic E-state index is 0.665. The lowest BCUT2D eigenvalue weighted by Crippen LogP contribution is -2.31. The third kappa shape index (κ3) is 4.32. The first kappa shape index (κ1) is 15.5. The Morgan fingerprint density at radius 2 is 2.25 bits per heavy atom. The summed E-state index contributed by atoms with van der Waals surface area (Å²) in [5, 5.41) is 3.52. The normalized spacial score (nSPS) is 15.7. The molecule has 2 rings (SSSR count). The van der Waals surface area contributed by atoms with Crippen molar-refractivity contribution in [3.05, 3.63) is 33.9 Å². The second-order valence-corrected chi connectivity index (χ2v) is 6.84. The van der Waals surface area contributed by atoms with Crippen LogP contribution in [0.15, 0.2) is 28.4 Å². The molecule has 1 aromatic heterocycles. The number of pyridine rings is 1. The average Bonchev–Trinajstić information content (AvgIpc) is 2.38. The van der Waals surface area contributed by atoms with Gasteiger partial charge in [0.05, 0.1) is 0 Å². The number of nitrogens with one attached hydrogen (secondary N) is 1. The van der Waals surface area contributed by atoms with Crippen molar-refractivity contribution in [3.63, 3.8) is 0 Å². The SMILES string of the molecule is CC1=CCCN(c2ncc(Br)cc2CNCC(C)C)C1. The third-order valence-corrected chi connectivity index (χ3v) is 3.84. The maximum absolute atomic E-state index is 4.65. The van der Waals surface area contributed by atoms with Gasteiger partial charge in [-0.2, -0.15) is 0 Å². The molecule has 4 heteroatoms. The van der Waals surface area contributed by atoms with Gasteiger partial charge in [-0.1, -0.05) is 25.5 Å². The third-order valence-electron chi connectivity index (χ3n) is 3.41. The number of aromatic nitrogens is 1. The van der Waals surface area contributed by atoms with Gasteiger partial charge in [-0.25, -0.2) is 4.98 Å². The van der Waals surface area contributed by atoms with Crippen LogP contribution in [0.1, 0.15) is 32.8 Å². The van der Waals surface area contributed by atoms with E-state index in [-0.39, 0.29) is 0 Å². The molecule has 0 saturated heterocycles. The van der Waals surface area contributed by atoms with Gasteiger partial charge < -0.3 is 10.2 Å². The van der Waals surface area contributed by atoms with E-state index in [2.05, 4.69) is 64.0 Å². The smallest absolute Gasteiger partial charge is 0.133 e. The largest absolute Gasteiger partial charge is 0.352 e. The second kappa shape index (κ2) is 7.23. The van der Waals surface area contributed by atoms with Crippen LogP contribution in [-0.4, -0.2) is 24.6 Å². The summed E-state index contributed by atoms with van der Waals surface area (Å²) in [7, 11) is 0. The van der Waals surface area contributed by atoms with Crippen LogP contribution in [0.4, 0.5) is 5.82 Å².